The van der Waals surface area contributed by atoms with E-state index in [-0.39, 0.29) is 11.7 Å². The van der Waals surface area contributed by atoms with Crippen LogP contribution in [0.25, 0.3) is 0 Å². The lowest BCUT2D eigenvalue weighted by molar-refractivity contribution is 0.102. The van der Waals surface area contributed by atoms with Crippen molar-refractivity contribution in [3.05, 3.63) is 58.6 Å². The third-order valence-corrected chi connectivity index (χ3v) is 5.76. The standard InChI is InChI=1S/C20H24ClN3O3S/c1-23-8-10-24(11-9-23)19-7-6-17(21)13-18(19)22-20(25)16-5-3-4-15(12-16)14-28(2,26)27/h3-7,12-13H,8-11,14H2,1-2H3,(H,22,25). The molecular weight excluding hydrogens is 398 g/mol. The second-order valence-corrected chi connectivity index (χ2v) is 9.75. The van der Waals surface area contributed by atoms with Crippen molar-refractivity contribution in [2.45, 2.75) is 5.75 Å². The molecule has 1 N–H and O–H groups in total. The molecule has 0 bridgehead atoms. The summed E-state index contributed by atoms with van der Waals surface area (Å²) in [6.45, 7) is 3.63. The van der Waals surface area contributed by atoms with E-state index >= 15 is 0 Å². The minimum absolute atomic E-state index is 0.0994. The number of carbonyl (C=O) groups is 1. The van der Waals surface area contributed by atoms with Crippen molar-refractivity contribution in [3.8, 4) is 0 Å². The van der Waals surface area contributed by atoms with E-state index in [1.807, 2.05) is 12.1 Å². The van der Waals surface area contributed by atoms with Crippen LogP contribution in [0.3, 0.4) is 0 Å². The number of rotatable bonds is 5. The van der Waals surface area contributed by atoms with Crippen LogP contribution in [-0.4, -0.2) is 58.7 Å². The van der Waals surface area contributed by atoms with Gasteiger partial charge in [0.15, 0.2) is 9.84 Å². The van der Waals surface area contributed by atoms with Gasteiger partial charge in [-0.3, -0.25) is 4.79 Å². The lowest BCUT2D eigenvalue weighted by Gasteiger charge is -2.35. The summed E-state index contributed by atoms with van der Waals surface area (Å²) < 4.78 is 23.1. The van der Waals surface area contributed by atoms with E-state index in [4.69, 9.17) is 11.6 Å². The van der Waals surface area contributed by atoms with Crippen LogP contribution in [-0.2, 0) is 15.6 Å². The maximum Gasteiger partial charge on any atom is 0.255 e. The van der Waals surface area contributed by atoms with Gasteiger partial charge >= 0.3 is 0 Å². The summed E-state index contributed by atoms with van der Waals surface area (Å²) in [4.78, 5) is 17.3. The molecule has 1 aliphatic heterocycles. The van der Waals surface area contributed by atoms with Gasteiger partial charge in [0.2, 0.25) is 0 Å². The molecule has 0 aliphatic carbocycles. The summed E-state index contributed by atoms with van der Waals surface area (Å²) in [6.07, 6.45) is 1.17. The maximum atomic E-state index is 12.8. The Bertz CT molecular complexity index is 970. The number of nitrogens with zero attached hydrogens (tertiary/aromatic N) is 2. The zero-order valence-electron chi connectivity index (χ0n) is 16.0. The highest BCUT2D eigenvalue weighted by atomic mass is 35.5. The summed E-state index contributed by atoms with van der Waals surface area (Å²) in [7, 11) is -1.08. The van der Waals surface area contributed by atoms with Crippen LogP contribution in [0, 0.1) is 0 Å². The molecule has 1 heterocycles. The molecule has 1 amide bonds. The van der Waals surface area contributed by atoms with Gasteiger partial charge in [-0.15, -0.1) is 0 Å². The van der Waals surface area contributed by atoms with Crippen LogP contribution >= 0.6 is 11.6 Å². The molecule has 28 heavy (non-hydrogen) atoms. The van der Waals surface area contributed by atoms with Gasteiger partial charge in [0.05, 0.1) is 17.1 Å². The molecule has 8 heteroatoms. The molecule has 0 radical (unpaired) electrons. The zero-order valence-corrected chi connectivity index (χ0v) is 17.6. The van der Waals surface area contributed by atoms with Crippen molar-refractivity contribution < 1.29 is 13.2 Å². The molecule has 0 saturated carbocycles. The van der Waals surface area contributed by atoms with Crippen molar-refractivity contribution in [3.63, 3.8) is 0 Å². The van der Waals surface area contributed by atoms with Crippen LogP contribution in [0.4, 0.5) is 11.4 Å². The van der Waals surface area contributed by atoms with Gasteiger partial charge in [-0.25, -0.2) is 8.42 Å². The fraction of sp³-hybridized carbons (Fsp3) is 0.350. The summed E-state index contributed by atoms with van der Waals surface area (Å²) in [6, 6.07) is 12.1. The highest BCUT2D eigenvalue weighted by Gasteiger charge is 2.19. The Morgan fingerprint density at radius 3 is 2.50 bits per heavy atom. The zero-order chi connectivity index (χ0) is 20.3. The number of benzene rings is 2. The maximum absolute atomic E-state index is 12.8. The molecule has 1 fully saturated rings. The van der Waals surface area contributed by atoms with E-state index in [9.17, 15) is 13.2 Å². The Kier molecular flexibility index (Phi) is 6.27. The minimum atomic E-state index is -3.17. The monoisotopic (exact) mass is 421 g/mol. The second-order valence-electron chi connectivity index (χ2n) is 7.18. The first kappa shape index (κ1) is 20.6. The highest BCUT2D eigenvalue weighted by Crippen LogP contribution is 2.30. The number of nitrogens with one attached hydrogen (secondary N) is 1. The second kappa shape index (κ2) is 8.51. The number of anilines is 2. The highest BCUT2D eigenvalue weighted by molar-refractivity contribution is 7.89. The van der Waals surface area contributed by atoms with Gasteiger partial charge in [0.1, 0.15) is 0 Å². The Morgan fingerprint density at radius 1 is 1.11 bits per heavy atom. The topological polar surface area (TPSA) is 69.7 Å². The molecule has 0 atom stereocenters. The van der Waals surface area contributed by atoms with Gasteiger partial charge in [0, 0.05) is 43.0 Å². The summed E-state index contributed by atoms with van der Waals surface area (Å²) in [5.41, 5.74) is 2.57. The lowest BCUT2D eigenvalue weighted by atomic mass is 10.1. The quantitative estimate of drug-likeness (QED) is 0.803. The number of likely N-dealkylation sites (N-methyl/N-ethyl adjacent to an activating group) is 1. The fourth-order valence-corrected chi connectivity index (χ4v) is 4.19. The van der Waals surface area contributed by atoms with Crippen molar-refractivity contribution in [2.75, 3.05) is 49.7 Å². The largest absolute Gasteiger partial charge is 0.367 e. The number of sulfone groups is 1. The Labute approximate surface area is 171 Å². The minimum Gasteiger partial charge on any atom is -0.367 e. The average Bonchev–Trinajstić information content (AvgIpc) is 2.62. The smallest absolute Gasteiger partial charge is 0.255 e. The van der Waals surface area contributed by atoms with Crippen molar-refractivity contribution >= 4 is 38.7 Å². The van der Waals surface area contributed by atoms with Crippen LogP contribution in [0.15, 0.2) is 42.5 Å². The molecule has 0 unspecified atom stereocenters. The van der Waals surface area contributed by atoms with Gasteiger partial charge in [0.25, 0.3) is 5.91 Å². The molecule has 1 aliphatic rings. The van der Waals surface area contributed by atoms with Gasteiger partial charge in [-0.05, 0) is 42.9 Å². The van der Waals surface area contributed by atoms with Crippen LogP contribution in [0.5, 0.6) is 0 Å². The summed E-state index contributed by atoms with van der Waals surface area (Å²) in [5, 5.41) is 3.48. The van der Waals surface area contributed by atoms with E-state index in [0.717, 1.165) is 31.9 Å². The molecule has 1 saturated heterocycles. The Morgan fingerprint density at radius 2 is 1.82 bits per heavy atom. The molecule has 2 aromatic carbocycles. The number of carbonyl (C=O) groups excluding carboxylic acids is 1. The lowest BCUT2D eigenvalue weighted by Crippen LogP contribution is -2.44. The first-order valence-corrected chi connectivity index (χ1v) is 11.5. The first-order valence-electron chi connectivity index (χ1n) is 9.02. The van der Waals surface area contributed by atoms with E-state index < -0.39 is 9.84 Å². The van der Waals surface area contributed by atoms with E-state index in [1.165, 1.54) is 6.26 Å². The van der Waals surface area contributed by atoms with Crippen molar-refractivity contribution in [1.29, 1.82) is 0 Å². The van der Waals surface area contributed by atoms with Gasteiger partial charge in [-0.1, -0.05) is 23.7 Å². The third-order valence-electron chi connectivity index (χ3n) is 4.67. The number of halogens is 1. The molecule has 0 aromatic heterocycles. The molecule has 150 valence electrons. The third kappa shape index (κ3) is 5.47. The van der Waals surface area contributed by atoms with E-state index in [1.54, 1.807) is 30.3 Å². The van der Waals surface area contributed by atoms with Crippen LogP contribution < -0.4 is 10.2 Å². The van der Waals surface area contributed by atoms with Gasteiger partial charge in [-0.2, -0.15) is 0 Å². The predicted octanol–water partition coefficient (Wildman–Crippen LogP) is 2.89. The summed E-state index contributed by atoms with van der Waals surface area (Å²) >= 11 is 6.16. The summed E-state index contributed by atoms with van der Waals surface area (Å²) in [5.74, 6) is -0.398. The van der Waals surface area contributed by atoms with Crippen LogP contribution in [0.1, 0.15) is 15.9 Å². The Hall–Kier alpha value is -2.09. The van der Waals surface area contributed by atoms with E-state index in [0.29, 0.717) is 21.8 Å². The first-order chi connectivity index (χ1) is 13.2. The molecule has 3 rings (SSSR count). The van der Waals surface area contributed by atoms with Crippen molar-refractivity contribution in [2.24, 2.45) is 0 Å². The Balaban J connectivity index is 1.82. The van der Waals surface area contributed by atoms with Crippen molar-refractivity contribution in [1.82, 2.24) is 4.90 Å². The molecule has 2 aromatic rings. The average molecular weight is 422 g/mol. The number of amides is 1. The molecule has 6 nitrogen and oxygen atoms in total. The van der Waals surface area contributed by atoms with Crippen LogP contribution in [0.2, 0.25) is 5.02 Å². The normalized spacial score (nSPS) is 15.5. The number of hydrogen-bond acceptors (Lipinski definition) is 5. The molecule has 0 spiro atoms. The molecular formula is C20H24ClN3O3S. The van der Waals surface area contributed by atoms with E-state index in [2.05, 4.69) is 22.2 Å². The number of hydrogen-bond donors (Lipinski definition) is 1. The predicted molar refractivity (Wildman–Crippen MR) is 114 cm³/mol. The SMILES string of the molecule is CN1CCN(c2ccc(Cl)cc2NC(=O)c2cccc(CS(C)(=O)=O)c2)CC1. The fourth-order valence-electron chi connectivity index (χ4n) is 3.23. The van der Waals surface area contributed by atoms with Gasteiger partial charge < -0.3 is 15.1 Å². The number of piperazine rings is 1.